The first-order valence-electron chi connectivity index (χ1n) is 5.21. The molecule has 10 heteroatoms. The number of benzene rings is 1. The maximum Gasteiger partial charge on any atom is 0.268 e. The molecule has 0 aliphatic heterocycles. The first kappa shape index (κ1) is 15.7. The fourth-order valence-electron chi connectivity index (χ4n) is 1.45. The van der Waals surface area contributed by atoms with Crippen LogP contribution in [0.1, 0.15) is 0 Å². The third kappa shape index (κ3) is 3.16. The molecular weight excluding hydrogens is 380 g/mol. The van der Waals surface area contributed by atoms with Gasteiger partial charge in [-0.25, -0.2) is 26.6 Å². The molecule has 0 aliphatic carbocycles. The Labute approximate surface area is 125 Å². The average Bonchev–Trinajstić information content (AvgIpc) is 2.35. The van der Waals surface area contributed by atoms with Gasteiger partial charge in [0.05, 0.1) is 4.47 Å². The molecule has 0 saturated carbocycles. The highest BCUT2D eigenvalue weighted by Gasteiger charge is 2.28. The molecular formula is C11H5BrF4N2O2S. The molecule has 0 atom stereocenters. The Morgan fingerprint density at radius 2 is 1.76 bits per heavy atom. The van der Waals surface area contributed by atoms with Gasteiger partial charge in [-0.05, 0) is 28.1 Å². The number of halogens is 5. The monoisotopic (exact) mass is 384 g/mol. The van der Waals surface area contributed by atoms with Gasteiger partial charge in [-0.3, -0.25) is 4.72 Å². The minimum atomic E-state index is -4.76. The van der Waals surface area contributed by atoms with Gasteiger partial charge in [-0.2, -0.15) is 4.39 Å². The number of rotatable bonds is 3. The van der Waals surface area contributed by atoms with Crippen LogP contribution in [0.4, 0.5) is 23.4 Å². The molecule has 0 amide bonds. The van der Waals surface area contributed by atoms with Crippen LogP contribution in [0, 0.1) is 23.4 Å². The molecule has 21 heavy (non-hydrogen) atoms. The molecule has 2 rings (SSSR count). The van der Waals surface area contributed by atoms with Crippen LogP contribution in [0.25, 0.3) is 0 Å². The number of nitrogens with one attached hydrogen (secondary N) is 1. The Bertz CT molecular complexity index is 814. The predicted octanol–water partition coefficient (Wildman–Crippen LogP) is 3.20. The van der Waals surface area contributed by atoms with E-state index < -0.39 is 48.6 Å². The molecule has 0 radical (unpaired) electrons. The van der Waals surface area contributed by atoms with Crippen molar-refractivity contribution in [3.8, 4) is 0 Å². The van der Waals surface area contributed by atoms with Crippen molar-refractivity contribution < 1.29 is 26.0 Å². The normalized spacial score (nSPS) is 11.5. The van der Waals surface area contributed by atoms with Crippen LogP contribution in [-0.2, 0) is 10.0 Å². The standard InChI is InChI=1S/C11H5BrF4N2O2S/c12-9-5(13)4-6(14)11(10(9)16)21(19,20)18-8-3-1-2-7(15)17-8/h1-4H,(H,17,18). The van der Waals surface area contributed by atoms with E-state index in [1.54, 1.807) is 4.72 Å². The topological polar surface area (TPSA) is 59.1 Å². The zero-order valence-electron chi connectivity index (χ0n) is 9.87. The minimum Gasteiger partial charge on any atom is -0.263 e. The first-order valence-corrected chi connectivity index (χ1v) is 7.48. The minimum absolute atomic E-state index is 0.209. The third-order valence-electron chi connectivity index (χ3n) is 2.29. The van der Waals surface area contributed by atoms with Gasteiger partial charge in [-0.1, -0.05) is 6.07 Å². The molecule has 2 aromatic rings. The van der Waals surface area contributed by atoms with Crippen molar-refractivity contribution >= 4 is 31.8 Å². The average molecular weight is 385 g/mol. The van der Waals surface area contributed by atoms with E-state index in [0.29, 0.717) is 0 Å². The summed E-state index contributed by atoms with van der Waals surface area (Å²) in [6.07, 6.45) is 0. The van der Waals surface area contributed by atoms with Gasteiger partial charge in [0.1, 0.15) is 17.5 Å². The van der Waals surface area contributed by atoms with E-state index in [-0.39, 0.29) is 6.07 Å². The van der Waals surface area contributed by atoms with Crippen molar-refractivity contribution in [1.29, 1.82) is 0 Å². The molecule has 1 aromatic heterocycles. The van der Waals surface area contributed by atoms with Crippen LogP contribution in [0.2, 0.25) is 0 Å². The number of hydrogen-bond acceptors (Lipinski definition) is 3. The lowest BCUT2D eigenvalue weighted by molar-refractivity contribution is 0.491. The summed E-state index contributed by atoms with van der Waals surface area (Å²) in [5.74, 6) is -6.04. The Kier molecular flexibility index (Phi) is 4.19. The predicted molar refractivity (Wildman–Crippen MR) is 69.0 cm³/mol. The zero-order valence-corrected chi connectivity index (χ0v) is 12.3. The fourth-order valence-corrected chi connectivity index (χ4v) is 3.04. The van der Waals surface area contributed by atoms with Crippen molar-refractivity contribution in [2.75, 3.05) is 4.72 Å². The van der Waals surface area contributed by atoms with E-state index in [1.165, 1.54) is 0 Å². The Hall–Kier alpha value is -1.68. The van der Waals surface area contributed by atoms with Crippen molar-refractivity contribution in [3.63, 3.8) is 0 Å². The molecule has 4 nitrogen and oxygen atoms in total. The first-order chi connectivity index (χ1) is 9.72. The Balaban J connectivity index is 2.53. The highest BCUT2D eigenvalue weighted by atomic mass is 79.9. The lowest BCUT2D eigenvalue weighted by Gasteiger charge is -2.10. The van der Waals surface area contributed by atoms with Gasteiger partial charge in [0.25, 0.3) is 10.0 Å². The Morgan fingerprint density at radius 1 is 1.10 bits per heavy atom. The summed E-state index contributed by atoms with van der Waals surface area (Å²) < 4.78 is 78.0. The largest absolute Gasteiger partial charge is 0.268 e. The van der Waals surface area contributed by atoms with Crippen molar-refractivity contribution in [2.24, 2.45) is 0 Å². The summed E-state index contributed by atoms with van der Waals surface area (Å²) >= 11 is 2.47. The fraction of sp³-hybridized carbons (Fsp3) is 0. The molecule has 0 aliphatic rings. The molecule has 0 fully saturated rings. The lowest BCUT2D eigenvalue weighted by Crippen LogP contribution is -2.18. The van der Waals surface area contributed by atoms with Crippen LogP contribution in [0.15, 0.2) is 33.6 Å². The molecule has 1 aromatic carbocycles. The number of sulfonamides is 1. The summed E-state index contributed by atoms with van der Waals surface area (Å²) in [5.41, 5.74) is 0. The summed E-state index contributed by atoms with van der Waals surface area (Å²) in [6, 6.07) is 3.39. The molecule has 1 heterocycles. The lowest BCUT2D eigenvalue weighted by atomic mass is 10.3. The van der Waals surface area contributed by atoms with E-state index in [4.69, 9.17) is 0 Å². The van der Waals surface area contributed by atoms with E-state index in [1.807, 2.05) is 0 Å². The van der Waals surface area contributed by atoms with Crippen molar-refractivity contribution in [1.82, 2.24) is 4.98 Å². The molecule has 0 spiro atoms. The number of pyridine rings is 1. The third-order valence-corrected chi connectivity index (χ3v) is 4.41. The van der Waals surface area contributed by atoms with Gasteiger partial charge < -0.3 is 0 Å². The quantitative estimate of drug-likeness (QED) is 0.382. The van der Waals surface area contributed by atoms with Crippen LogP contribution in [0.3, 0.4) is 0 Å². The highest BCUT2D eigenvalue weighted by molar-refractivity contribution is 9.10. The molecule has 0 saturated heterocycles. The number of hydrogen-bond donors (Lipinski definition) is 1. The van der Waals surface area contributed by atoms with E-state index in [0.717, 1.165) is 18.2 Å². The second-order valence-electron chi connectivity index (χ2n) is 3.75. The van der Waals surface area contributed by atoms with Gasteiger partial charge in [0.15, 0.2) is 10.7 Å². The summed E-state index contributed by atoms with van der Waals surface area (Å²) in [7, 11) is -4.76. The molecule has 0 bridgehead atoms. The van der Waals surface area contributed by atoms with Gasteiger partial charge in [-0.15, -0.1) is 0 Å². The summed E-state index contributed by atoms with van der Waals surface area (Å²) in [5, 5.41) is 0. The smallest absolute Gasteiger partial charge is 0.263 e. The van der Waals surface area contributed by atoms with E-state index in [2.05, 4.69) is 20.9 Å². The summed E-state index contributed by atoms with van der Waals surface area (Å²) in [6.45, 7) is 0. The summed E-state index contributed by atoms with van der Waals surface area (Å²) in [4.78, 5) is 1.79. The van der Waals surface area contributed by atoms with Crippen molar-refractivity contribution in [3.05, 3.63) is 52.1 Å². The number of aromatic nitrogens is 1. The van der Waals surface area contributed by atoms with Gasteiger partial charge >= 0.3 is 0 Å². The molecule has 0 unspecified atom stereocenters. The van der Waals surface area contributed by atoms with Crippen LogP contribution in [0.5, 0.6) is 0 Å². The van der Waals surface area contributed by atoms with E-state index in [9.17, 15) is 26.0 Å². The SMILES string of the molecule is O=S(=O)(Nc1cccc(F)n1)c1c(F)cc(F)c(Br)c1F. The van der Waals surface area contributed by atoms with Gasteiger partial charge in [0, 0.05) is 6.07 Å². The van der Waals surface area contributed by atoms with E-state index >= 15 is 0 Å². The van der Waals surface area contributed by atoms with Crippen LogP contribution in [-0.4, -0.2) is 13.4 Å². The molecule has 1 N–H and O–H groups in total. The second-order valence-corrected chi connectivity index (χ2v) is 6.16. The molecule has 112 valence electrons. The maximum atomic E-state index is 13.8. The highest BCUT2D eigenvalue weighted by Crippen LogP contribution is 2.29. The number of nitrogens with zero attached hydrogens (tertiary/aromatic N) is 1. The maximum absolute atomic E-state index is 13.8. The zero-order chi connectivity index (χ0) is 15.8. The van der Waals surface area contributed by atoms with Crippen LogP contribution >= 0.6 is 15.9 Å². The van der Waals surface area contributed by atoms with Gasteiger partial charge in [0.2, 0.25) is 5.95 Å². The Morgan fingerprint density at radius 3 is 2.38 bits per heavy atom. The number of anilines is 1. The van der Waals surface area contributed by atoms with Crippen molar-refractivity contribution in [2.45, 2.75) is 4.90 Å². The second kappa shape index (κ2) is 5.60. The van der Waals surface area contributed by atoms with Crippen LogP contribution < -0.4 is 4.72 Å².